The molecule has 1 N–H and O–H groups in total. The Bertz CT molecular complexity index is 1680. The highest BCUT2D eigenvalue weighted by atomic mass is 32.1. The summed E-state index contributed by atoms with van der Waals surface area (Å²) in [5.41, 5.74) is 5.10. The number of rotatable bonds is 5. The molecule has 8 rings (SSSR count). The molecule has 0 radical (unpaired) electrons. The van der Waals surface area contributed by atoms with Gasteiger partial charge in [0.15, 0.2) is 0 Å². The Hall–Kier alpha value is -3.00. The quantitative estimate of drug-likeness (QED) is 0.263. The maximum atomic E-state index is 12.7. The molecule has 0 aliphatic carbocycles. The minimum Gasteiger partial charge on any atom is -0.489 e. The smallest absolute Gasteiger partial charge is 0.336 e. The van der Waals surface area contributed by atoms with Gasteiger partial charge in [-0.05, 0) is 98.7 Å². The van der Waals surface area contributed by atoms with Crippen LogP contribution in [0.2, 0.25) is 0 Å². The molecule has 4 aromatic rings. The first-order chi connectivity index (χ1) is 19.9. The van der Waals surface area contributed by atoms with Crippen molar-refractivity contribution in [1.82, 2.24) is 4.98 Å². The second-order valence-electron chi connectivity index (χ2n) is 12.5. The molecule has 2 unspecified atom stereocenters. The van der Waals surface area contributed by atoms with Gasteiger partial charge in [-0.15, -0.1) is 11.3 Å². The first-order valence-corrected chi connectivity index (χ1v) is 15.9. The van der Waals surface area contributed by atoms with E-state index >= 15 is 0 Å². The molecule has 2 aromatic heterocycles. The summed E-state index contributed by atoms with van der Waals surface area (Å²) in [4.78, 5) is 18.8. The van der Waals surface area contributed by atoms with Crippen molar-refractivity contribution >= 4 is 38.3 Å². The average Bonchev–Trinajstić information content (AvgIpc) is 3.60. The van der Waals surface area contributed by atoms with Gasteiger partial charge in [-0.2, -0.15) is 0 Å². The Balaban J connectivity index is 1.20. The fourth-order valence-corrected chi connectivity index (χ4v) is 8.96. The normalized spacial score (nSPS) is 28.9. The van der Waals surface area contributed by atoms with Crippen molar-refractivity contribution in [3.63, 3.8) is 0 Å². The van der Waals surface area contributed by atoms with Gasteiger partial charge in [-0.3, -0.25) is 0 Å². The van der Waals surface area contributed by atoms with E-state index in [1.807, 2.05) is 19.1 Å². The lowest BCUT2D eigenvalue weighted by molar-refractivity contribution is -0.0435. The summed E-state index contributed by atoms with van der Waals surface area (Å²) < 4.78 is 20.0. The second kappa shape index (κ2) is 9.79. The van der Waals surface area contributed by atoms with Crippen LogP contribution >= 0.6 is 11.3 Å². The van der Waals surface area contributed by atoms with Crippen LogP contribution in [0.25, 0.3) is 31.6 Å². The van der Waals surface area contributed by atoms with Crippen molar-refractivity contribution in [3.05, 3.63) is 58.7 Å². The van der Waals surface area contributed by atoms with E-state index in [4.69, 9.17) is 19.2 Å². The fourth-order valence-electron chi connectivity index (χ4n) is 7.81. The number of carboxylic acid groups (broad SMARTS) is 1. The number of benzene rings is 2. The van der Waals surface area contributed by atoms with Crippen LogP contribution in [0, 0.1) is 13.8 Å². The van der Waals surface area contributed by atoms with Gasteiger partial charge in [-0.1, -0.05) is 12.1 Å². The topological polar surface area (TPSA) is 77.9 Å². The molecule has 0 spiro atoms. The average molecular weight is 570 g/mol. The van der Waals surface area contributed by atoms with Crippen molar-refractivity contribution in [1.29, 1.82) is 0 Å². The molecule has 212 valence electrons. The summed E-state index contributed by atoms with van der Waals surface area (Å²) in [7, 11) is 0. The third kappa shape index (κ3) is 4.36. The van der Waals surface area contributed by atoms with Crippen molar-refractivity contribution < 1.29 is 24.1 Å². The number of aromatic carboxylic acids is 1. The third-order valence-electron chi connectivity index (χ3n) is 9.86. The lowest BCUT2D eigenvalue weighted by Gasteiger charge is -2.29. The van der Waals surface area contributed by atoms with Crippen molar-refractivity contribution in [2.45, 2.75) is 102 Å². The van der Waals surface area contributed by atoms with Gasteiger partial charge in [0, 0.05) is 23.5 Å². The van der Waals surface area contributed by atoms with E-state index in [1.165, 1.54) is 28.5 Å². The van der Waals surface area contributed by atoms with Crippen molar-refractivity contribution in [3.8, 4) is 16.3 Å². The van der Waals surface area contributed by atoms with Gasteiger partial charge in [0.2, 0.25) is 0 Å². The molecule has 41 heavy (non-hydrogen) atoms. The summed E-state index contributed by atoms with van der Waals surface area (Å²) in [6.07, 6.45) is 9.80. The summed E-state index contributed by atoms with van der Waals surface area (Å²) in [6.45, 7) is 4.13. The number of ether oxygens (including phenoxy) is 3. The maximum absolute atomic E-state index is 12.7. The summed E-state index contributed by atoms with van der Waals surface area (Å²) >= 11 is 1.69. The van der Waals surface area contributed by atoms with Crippen LogP contribution in [0.4, 0.5) is 0 Å². The first kappa shape index (κ1) is 25.7. The molecule has 4 aliphatic heterocycles. The molecule has 0 saturated carbocycles. The van der Waals surface area contributed by atoms with E-state index in [2.05, 4.69) is 25.1 Å². The monoisotopic (exact) mass is 569 g/mol. The van der Waals surface area contributed by atoms with E-state index in [0.717, 1.165) is 54.5 Å². The molecule has 4 aliphatic rings. The zero-order chi connectivity index (χ0) is 27.8. The molecule has 4 fully saturated rings. The minimum atomic E-state index is -0.963. The Morgan fingerprint density at radius 3 is 2.56 bits per heavy atom. The Morgan fingerprint density at radius 1 is 0.976 bits per heavy atom. The Kier molecular flexibility index (Phi) is 6.13. The zero-order valence-electron chi connectivity index (χ0n) is 23.5. The number of aryl methyl sites for hydroxylation is 2. The number of nitrogens with zero attached hydrogens (tertiary/aromatic N) is 1. The van der Waals surface area contributed by atoms with Crippen LogP contribution in [0.1, 0.15) is 84.3 Å². The van der Waals surface area contributed by atoms with E-state index in [-0.39, 0.29) is 23.9 Å². The highest BCUT2D eigenvalue weighted by molar-refractivity contribution is 7.22. The van der Waals surface area contributed by atoms with Gasteiger partial charge >= 0.3 is 5.97 Å². The van der Waals surface area contributed by atoms with Gasteiger partial charge in [0.05, 0.1) is 51.5 Å². The SMILES string of the molecule is Cc1c(-c2cc(C(=O)O)c3c(OC4C[C@H]5CC[C@@H](C4)O5)ccc(C)c3n2)sc2ccc(C3C[C@H]4CCC[C@@H]3O4)cc12. The standard InChI is InChI=1S/C34H35NO5S/c1-17-6-10-29(40-23-13-21-8-9-22(14-23)38-21)31-26(34(36)37)16-27(35-32(17)31)33-18(2)24-12-19(7-11-30(24)41-33)25-15-20-4-3-5-28(25)39-20/h6-7,10-12,16,20-23,25,28H,3-5,8-9,13-15H2,1-2H3,(H,36,37)/t20-,21-,22+,23?,25?,28+/m1/s1. The highest BCUT2D eigenvalue weighted by Crippen LogP contribution is 2.46. The molecule has 2 aromatic carbocycles. The van der Waals surface area contributed by atoms with Crippen LogP contribution in [0.15, 0.2) is 36.4 Å². The van der Waals surface area contributed by atoms with Crippen LogP contribution in [-0.4, -0.2) is 46.6 Å². The lowest BCUT2D eigenvalue weighted by Crippen LogP contribution is -2.32. The maximum Gasteiger partial charge on any atom is 0.336 e. The molecule has 6 nitrogen and oxygen atoms in total. The van der Waals surface area contributed by atoms with Crippen molar-refractivity contribution in [2.24, 2.45) is 0 Å². The number of carboxylic acids is 1. The van der Waals surface area contributed by atoms with Crippen LogP contribution in [0.3, 0.4) is 0 Å². The van der Waals surface area contributed by atoms with Crippen LogP contribution in [0.5, 0.6) is 5.75 Å². The minimum absolute atomic E-state index is 0.0253. The van der Waals surface area contributed by atoms with Gasteiger partial charge < -0.3 is 19.3 Å². The summed E-state index contributed by atoms with van der Waals surface area (Å²) in [5.74, 6) is 0.101. The molecule has 4 bridgehead atoms. The van der Waals surface area contributed by atoms with Crippen molar-refractivity contribution in [2.75, 3.05) is 0 Å². The third-order valence-corrected chi connectivity index (χ3v) is 11.2. The fraction of sp³-hybridized carbons (Fsp3) is 0.471. The van der Waals surface area contributed by atoms with Crippen LogP contribution in [-0.2, 0) is 9.47 Å². The number of pyridine rings is 1. The second-order valence-corrected chi connectivity index (χ2v) is 13.6. The first-order valence-electron chi connectivity index (χ1n) is 15.1. The van der Waals surface area contributed by atoms with Gasteiger partial charge in [0.1, 0.15) is 11.9 Å². The number of hydrogen-bond donors (Lipinski definition) is 1. The largest absolute Gasteiger partial charge is 0.489 e. The number of aromatic nitrogens is 1. The lowest BCUT2D eigenvalue weighted by atomic mass is 9.90. The number of fused-ring (bicyclic) bond motifs is 6. The summed E-state index contributed by atoms with van der Waals surface area (Å²) in [5, 5.41) is 12.2. The van der Waals surface area contributed by atoms with Gasteiger partial charge in [0.25, 0.3) is 0 Å². The Labute approximate surface area is 243 Å². The van der Waals surface area contributed by atoms with E-state index in [0.29, 0.717) is 40.5 Å². The predicted molar refractivity (Wildman–Crippen MR) is 160 cm³/mol. The van der Waals surface area contributed by atoms with Crippen LogP contribution < -0.4 is 4.74 Å². The summed E-state index contributed by atoms with van der Waals surface area (Å²) in [6, 6.07) is 12.5. The van der Waals surface area contributed by atoms with E-state index < -0.39 is 5.97 Å². The molecule has 6 atom stereocenters. The molecular formula is C34H35NO5S. The molecule has 4 saturated heterocycles. The number of thiophene rings is 1. The zero-order valence-corrected chi connectivity index (χ0v) is 24.3. The molecule has 0 amide bonds. The van der Waals surface area contributed by atoms with Gasteiger partial charge in [-0.25, -0.2) is 9.78 Å². The Morgan fingerprint density at radius 2 is 1.78 bits per heavy atom. The molecular weight excluding hydrogens is 534 g/mol. The predicted octanol–water partition coefficient (Wildman–Crippen LogP) is 7.95. The molecule has 7 heteroatoms. The highest BCUT2D eigenvalue weighted by Gasteiger charge is 2.39. The van der Waals surface area contributed by atoms with E-state index in [1.54, 1.807) is 17.4 Å². The number of hydrogen-bond acceptors (Lipinski definition) is 6. The molecule has 6 heterocycles. The number of carbonyl (C=O) groups is 1. The van der Waals surface area contributed by atoms with E-state index in [9.17, 15) is 9.90 Å².